The lowest BCUT2D eigenvalue weighted by atomic mass is 9.79. The molecule has 1 saturated heterocycles. The summed E-state index contributed by atoms with van der Waals surface area (Å²) in [5, 5.41) is 23.2. The van der Waals surface area contributed by atoms with Gasteiger partial charge in [0.15, 0.2) is 6.29 Å². The smallest absolute Gasteiger partial charge is 0.230 e. The number of hydrogen-bond donors (Lipinski definition) is 3. The van der Waals surface area contributed by atoms with E-state index < -0.39 is 6.29 Å². The molecular weight excluding hydrogens is 350 g/mol. The fourth-order valence-electron chi connectivity index (χ4n) is 2.95. The van der Waals surface area contributed by atoms with Crippen molar-refractivity contribution < 1.29 is 19.7 Å². The van der Waals surface area contributed by atoms with Crippen molar-refractivity contribution in [3.8, 4) is 5.75 Å². The third-order valence-corrected chi connectivity index (χ3v) is 5.45. The van der Waals surface area contributed by atoms with Gasteiger partial charge in [-0.15, -0.1) is 11.8 Å². The fraction of sp³-hybridized carbons (Fsp3) is 0.650. The zero-order valence-corrected chi connectivity index (χ0v) is 17.4. The van der Waals surface area contributed by atoms with Gasteiger partial charge in [0.05, 0.1) is 18.4 Å². The van der Waals surface area contributed by atoms with Gasteiger partial charge < -0.3 is 20.3 Å². The number of aliphatic hydroxyl groups is 1. The molecule has 1 aliphatic heterocycles. The molecular formula is C20H31NO4S. The first kappa shape index (κ1) is 21.1. The highest BCUT2D eigenvalue weighted by atomic mass is 32.2. The molecule has 1 aliphatic rings. The Hall–Kier alpha value is -1.24. The first-order chi connectivity index (χ1) is 11.9. The Kier molecular flexibility index (Phi) is 6.31. The standard InChI is InChI=1S/C20H31NO4S/c1-19(2,3)13-9-12(10-14(17(13)23)20(4,5)6)26-11-16(22)21-15-7-8-25-18(15)24/h9-10,15,18,23-24H,7-8,11H2,1-6H3,(H,21,22). The van der Waals surface area contributed by atoms with E-state index in [1.165, 1.54) is 11.8 Å². The van der Waals surface area contributed by atoms with Crippen LogP contribution in [0.5, 0.6) is 5.75 Å². The molecule has 0 saturated carbocycles. The molecule has 1 heterocycles. The summed E-state index contributed by atoms with van der Waals surface area (Å²) in [6, 6.07) is 3.60. The molecule has 1 amide bonds. The molecule has 0 spiro atoms. The van der Waals surface area contributed by atoms with Crippen molar-refractivity contribution in [2.75, 3.05) is 12.4 Å². The zero-order chi connectivity index (χ0) is 19.7. The molecule has 1 aromatic rings. The second-order valence-corrected chi connectivity index (χ2v) is 9.93. The molecule has 2 rings (SSSR count). The van der Waals surface area contributed by atoms with Crippen LogP contribution >= 0.6 is 11.8 Å². The van der Waals surface area contributed by atoms with Crippen molar-refractivity contribution in [2.45, 2.75) is 76.0 Å². The number of aliphatic hydroxyl groups excluding tert-OH is 1. The Morgan fingerprint density at radius 1 is 1.19 bits per heavy atom. The van der Waals surface area contributed by atoms with Gasteiger partial charge in [-0.2, -0.15) is 0 Å². The van der Waals surface area contributed by atoms with E-state index in [1.54, 1.807) is 0 Å². The summed E-state index contributed by atoms with van der Waals surface area (Å²) in [5.74, 6) is 0.457. The Morgan fingerprint density at radius 3 is 2.15 bits per heavy atom. The number of phenols is 1. The topological polar surface area (TPSA) is 78.8 Å². The maximum atomic E-state index is 12.2. The van der Waals surface area contributed by atoms with Gasteiger partial charge in [-0.1, -0.05) is 41.5 Å². The SMILES string of the molecule is CC(C)(C)c1cc(SCC(=O)NC2CCOC2O)cc(C(C)(C)C)c1O. The van der Waals surface area contributed by atoms with Crippen molar-refractivity contribution in [1.82, 2.24) is 5.32 Å². The Bertz CT molecular complexity index is 626. The van der Waals surface area contributed by atoms with Gasteiger partial charge >= 0.3 is 0 Å². The zero-order valence-electron chi connectivity index (χ0n) is 16.5. The van der Waals surface area contributed by atoms with Crippen molar-refractivity contribution >= 4 is 17.7 Å². The lowest BCUT2D eigenvalue weighted by Gasteiger charge is -2.28. The lowest BCUT2D eigenvalue weighted by Crippen LogP contribution is -2.41. The summed E-state index contributed by atoms with van der Waals surface area (Å²) in [6.07, 6.45) is -0.295. The largest absolute Gasteiger partial charge is 0.507 e. The number of hydrogen-bond acceptors (Lipinski definition) is 5. The highest BCUT2D eigenvalue weighted by Gasteiger charge is 2.28. The van der Waals surface area contributed by atoms with Gasteiger partial charge in [-0.3, -0.25) is 4.79 Å². The van der Waals surface area contributed by atoms with Crippen LogP contribution in [0.25, 0.3) is 0 Å². The lowest BCUT2D eigenvalue weighted by molar-refractivity contribution is -0.122. The molecule has 5 nitrogen and oxygen atoms in total. The number of rotatable bonds is 4. The first-order valence-electron chi connectivity index (χ1n) is 8.99. The molecule has 2 unspecified atom stereocenters. The quantitative estimate of drug-likeness (QED) is 0.698. The number of thioether (sulfide) groups is 1. The van der Waals surface area contributed by atoms with E-state index >= 15 is 0 Å². The van der Waals surface area contributed by atoms with E-state index in [-0.39, 0.29) is 28.5 Å². The van der Waals surface area contributed by atoms with Crippen molar-refractivity contribution in [3.05, 3.63) is 23.3 Å². The van der Waals surface area contributed by atoms with Crippen LogP contribution in [0.3, 0.4) is 0 Å². The maximum absolute atomic E-state index is 12.2. The third kappa shape index (κ3) is 5.15. The number of benzene rings is 1. The van der Waals surface area contributed by atoms with Crippen LogP contribution < -0.4 is 5.32 Å². The summed E-state index contributed by atoms with van der Waals surface area (Å²) in [7, 11) is 0. The number of aromatic hydroxyl groups is 1. The Balaban J connectivity index is 2.17. The maximum Gasteiger partial charge on any atom is 0.230 e. The van der Waals surface area contributed by atoms with Crippen LogP contribution in [0.2, 0.25) is 0 Å². The molecule has 2 atom stereocenters. The van der Waals surface area contributed by atoms with E-state index in [9.17, 15) is 15.0 Å². The molecule has 0 bridgehead atoms. The minimum Gasteiger partial charge on any atom is -0.507 e. The molecule has 6 heteroatoms. The molecule has 146 valence electrons. The fourth-order valence-corrected chi connectivity index (χ4v) is 3.73. The molecule has 26 heavy (non-hydrogen) atoms. The average molecular weight is 382 g/mol. The summed E-state index contributed by atoms with van der Waals surface area (Å²) in [4.78, 5) is 13.2. The highest BCUT2D eigenvalue weighted by molar-refractivity contribution is 8.00. The van der Waals surface area contributed by atoms with Gasteiger partial charge in [-0.25, -0.2) is 0 Å². The summed E-state index contributed by atoms with van der Waals surface area (Å²) in [5.41, 5.74) is 1.36. The van der Waals surface area contributed by atoms with Crippen LogP contribution in [0.15, 0.2) is 17.0 Å². The van der Waals surface area contributed by atoms with Crippen LogP contribution in [0.4, 0.5) is 0 Å². The van der Waals surface area contributed by atoms with Crippen molar-refractivity contribution in [1.29, 1.82) is 0 Å². The minimum absolute atomic E-state index is 0.132. The van der Waals surface area contributed by atoms with Gasteiger partial charge in [0.2, 0.25) is 5.91 Å². The molecule has 3 N–H and O–H groups in total. The van der Waals surface area contributed by atoms with E-state index in [1.807, 2.05) is 12.1 Å². The monoisotopic (exact) mass is 381 g/mol. The van der Waals surface area contributed by atoms with E-state index in [4.69, 9.17) is 4.74 Å². The summed E-state index contributed by atoms with van der Waals surface area (Å²) >= 11 is 1.44. The van der Waals surface area contributed by atoms with Crippen molar-refractivity contribution in [2.24, 2.45) is 0 Å². The van der Waals surface area contributed by atoms with Crippen LogP contribution in [0.1, 0.15) is 59.1 Å². The first-order valence-corrected chi connectivity index (χ1v) is 9.98. The normalized spacial score (nSPS) is 21.0. The average Bonchev–Trinajstić information content (AvgIpc) is 2.89. The highest BCUT2D eigenvalue weighted by Crippen LogP contribution is 2.41. The number of amides is 1. The molecule has 1 aromatic carbocycles. The number of carbonyl (C=O) groups excluding carboxylic acids is 1. The molecule has 1 fully saturated rings. The minimum atomic E-state index is -0.919. The number of ether oxygens (including phenoxy) is 1. The predicted molar refractivity (Wildman–Crippen MR) is 105 cm³/mol. The van der Waals surface area contributed by atoms with Gasteiger partial charge in [0.25, 0.3) is 0 Å². The van der Waals surface area contributed by atoms with Crippen molar-refractivity contribution in [3.63, 3.8) is 0 Å². The predicted octanol–water partition coefficient (Wildman–Crippen LogP) is 3.30. The van der Waals surface area contributed by atoms with E-state index in [0.717, 1.165) is 16.0 Å². The Morgan fingerprint density at radius 2 is 1.73 bits per heavy atom. The van der Waals surface area contributed by atoms with Gasteiger partial charge in [0.1, 0.15) is 5.75 Å². The van der Waals surface area contributed by atoms with Crippen LogP contribution in [-0.4, -0.2) is 40.8 Å². The summed E-state index contributed by atoms with van der Waals surface area (Å²) < 4.78 is 5.05. The van der Waals surface area contributed by atoms with Gasteiger partial charge in [0, 0.05) is 16.0 Å². The van der Waals surface area contributed by atoms with E-state index in [0.29, 0.717) is 18.8 Å². The summed E-state index contributed by atoms with van der Waals surface area (Å²) in [6.45, 7) is 12.9. The second-order valence-electron chi connectivity index (χ2n) is 8.88. The Labute approximate surface area is 160 Å². The second kappa shape index (κ2) is 7.79. The third-order valence-electron chi connectivity index (χ3n) is 4.48. The van der Waals surface area contributed by atoms with Gasteiger partial charge in [-0.05, 0) is 29.4 Å². The van der Waals surface area contributed by atoms with Crippen LogP contribution in [0, 0.1) is 0 Å². The number of carbonyl (C=O) groups is 1. The molecule has 0 aliphatic carbocycles. The molecule has 0 radical (unpaired) electrons. The number of nitrogens with one attached hydrogen (secondary N) is 1. The van der Waals surface area contributed by atoms with Crippen LogP contribution in [-0.2, 0) is 20.4 Å². The number of phenolic OH excluding ortho intramolecular Hbond substituents is 1. The van der Waals surface area contributed by atoms with E-state index in [2.05, 4.69) is 46.9 Å². The molecule has 0 aromatic heterocycles.